The van der Waals surface area contributed by atoms with Crippen molar-refractivity contribution in [3.8, 4) is 0 Å². The van der Waals surface area contributed by atoms with E-state index in [9.17, 15) is 4.79 Å². The Morgan fingerprint density at radius 1 is 1.71 bits per heavy atom. The lowest BCUT2D eigenvalue weighted by atomic mass is 10.3. The second kappa shape index (κ2) is 5.07. The normalized spacial score (nSPS) is 10.2. The minimum absolute atomic E-state index is 0.0114. The summed E-state index contributed by atoms with van der Waals surface area (Å²) in [5.74, 6) is -0.0570. The second-order valence-corrected chi connectivity index (χ2v) is 3.79. The van der Waals surface area contributed by atoms with Crippen LogP contribution in [0.3, 0.4) is 0 Å². The lowest BCUT2D eigenvalue weighted by Crippen LogP contribution is -2.29. The van der Waals surface area contributed by atoms with Gasteiger partial charge in [0.05, 0.1) is 17.8 Å². The van der Waals surface area contributed by atoms with Gasteiger partial charge < -0.3 is 10.0 Å². The van der Waals surface area contributed by atoms with Crippen LogP contribution < -0.4 is 0 Å². The summed E-state index contributed by atoms with van der Waals surface area (Å²) >= 11 is 1.35. The van der Waals surface area contributed by atoms with Crippen molar-refractivity contribution in [2.75, 3.05) is 20.2 Å². The molecule has 1 N–H and O–H groups in total. The lowest BCUT2D eigenvalue weighted by molar-refractivity contribution is 0.0770. The Bertz CT molecular complexity index is 312. The van der Waals surface area contributed by atoms with E-state index in [0.29, 0.717) is 11.4 Å². The fourth-order valence-corrected chi connectivity index (χ4v) is 1.99. The highest BCUT2D eigenvalue weighted by Crippen LogP contribution is 2.15. The Morgan fingerprint density at radius 3 is 3.00 bits per heavy atom. The van der Waals surface area contributed by atoms with Crippen LogP contribution in [0.15, 0.2) is 5.51 Å². The molecule has 1 rings (SSSR count). The first kappa shape index (κ1) is 11.1. The third-order valence-corrected chi connectivity index (χ3v) is 2.81. The van der Waals surface area contributed by atoms with Crippen molar-refractivity contribution in [3.63, 3.8) is 0 Å². The van der Waals surface area contributed by atoms with Gasteiger partial charge in [-0.25, -0.2) is 4.98 Å². The molecule has 0 fully saturated rings. The maximum Gasteiger partial charge on any atom is 0.265 e. The zero-order valence-corrected chi connectivity index (χ0v) is 9.17. The second-order valence-electron chi connectivity index (χ2n) is 2.93. The zero-order chi connectivity index (χ0) is 10.6. The molecular weight excluding hydrogens is 200 g/mol. The number of amides is 1. The molecule has 0 bridgehead atoms. The molecule has 0 aromatic carbocycles. The molecule has 0 aliphatic heterocycles. The maximum atomic E-state index is 11.8. The molecule has 0 radical (unpaired) electrons. The average Bonchev–Trinajstić information content (AvgIpc) is 2.64. The van der Waals surface area contributed by atoms with Crippen LogP contribution in [0.5, 0.6) is 0 Å². The van der Waals surface area contributed by atoms with Crippen molar-refractivity contribution in [3.05, 3.63) is 16.1 Å². The molecule has 1 amide bonds. The lowest BCUT2D eigenvalue weighted by Gasteiger charge is -2.14. The van der Waals surface area contributed by atoms with Gasteiger partial charge in [-0.05, 0) is 6.42 Å². The number of nitrogens with zero attached hydrogens (tertiary/aromatic N) is 2. The van der Waals surface area contributed by atoms with E-state index in [1.54, 1.807) is 12.6 Å². The molecule has 5 heteroatoms. The third kappa shape index (κ3) is 2.30. The summed E-state index contributed by atoms with van der Waals surface area (Å²) in [6.45, 7) is 2.32. The fourth-order valence-electron chi connectivity index (χ4n) is 1.12. The van der Waals surface area contributed by atoms with Crippen molar-refractivity contribution in [2.24, 2.45) is 0 Å². The first-order chi connectivity index (χ1) is 6.70. The smallest absolute Gasteiger partial charge is 0.265 e. The first-order valence-corrected chi connectivity index (χ1v) is 5.37. The van der Waals surface area contributed by atoms with Crippen molar-refractivity contribution < 1.29 is 9.90 Å². The highest BCUT2D eigenvalue weighted by atomic mass is 32.1. The van der Waals surface area contributed by atoms with E-state index in [1.165, 1.54) is 16.2 Å². The molecule has 0 saturated heterocycles. The quantitative estimate of drug-likeness (QED) is 0.805. The van der Waals surface area contributed by atoms with Gasteiger partial charge in [-0.1, -0.05) is 6.92 Å². The van der Waals surface area contributed by atoms with E-state index in [4.69, 9.17) is 5.11 Å². The van der Waals surface area contributed by atoms with Crippen LogP contribution in [0.25, 0.3) is 0 Å². The van der Waals surface area contributed by atoms with E-state index in [-0.39, 0.29) is 12.5 Å². The topological polar surface area (TPSA) is 53.4 Å². The largest absolute Gasteiger partial charge is 0.395 e. The number of aliphatic hydroxyl groups excluding tert-OH is 1. The molecule has 0 aliphatic rings. The van der Waals surface area contributed by atoms with Crippen LogP contribution in [-0.2, 0) is 6.42 Å². The number of aromatic nitrogens is 1. The monoisotopic (exact) mass is 214 g/mol. The summed E-state index contributed by atoms with van der Waals surface area (Å²) in [6, 6.07) is 0. The maximum absolute atomic E-state index is 11.8. The molecule has 1 aromatic rings. The van der Waals surface area contributed by atoms with Crippen molar-refractivity contribution in [1.82, 2.24) is 9.88 Å². The molecule has 14 heavy (non-hydrogen) atoms. The van der Waals surface area contributed by atoms with Gasteiger partial charge in [0.2, 0.25) is 0 Å². The standard InChI is InChI=1S/C9H14N2O2S/c1-3-7-8(14-6-10-7)9(13)11(2)4-5-12/h6,12H,3-5H2,1-2H3. The van der Waals surface area contributed by atoms with Crippen LogP contribution in [0.2, 0.25) is 0 Å². The van der Waals surface area contributed by atoms with E-state index in [1.807, 2.05) is 6.92 Å². The Morgan fingerprint density at radius 2 is 2.43 bits per heavy atom. The SMILES string of the molecule is CCc1ncsc1C(=O)N(C)CCO. The molecular formula is C9H14N2O2S. The van der Waals surface area contributed by atoms with Crippen LogP contribution in [0, 0.1) is 0 Å². The van der Waals surface area contributed by atoms with Crippen LogP contribution in [-0.4, -0.2) is 41.1 Å². The predicted molar refractivity (Wildman–Crippen MR) is 55.5 cm³/mol. The number of carbonyl (C=O) groups excluding carboxylic acids is 1. The summed E-state index contributed by atoms with van der Waals surface area (Å²) in [5.41, 5.74) is 2.52. The molecule has 1 heterocycles. The summed E-state index contributed by atoms with van der Waals surface area (Å²) in [4.78, 5) is 18.1. The van der Waals surface area contributed by atoms with E-state index < -0.39 is 0 Å². The van der Waals surface area contributed by atoms with Gasteiger partial charge in [-0.15, -0.1) is 11.3 Å². The summed E-state index contributed by atoms with van der Waals surface area (Å²) < 4.78 is 0. The predicted octanol–water partition coefficient (Wildman–Crippen LogP) is 0.770. The number of thiazole rings is 1. The Balaban J connectivity index is 2.78. The van der Waals surface area contributed by atoms with Crippen molar-refractivity contribution in [2.45, 2.75) is 13.3 Å². The van der Waals surface area contributed by atoms with Crippen LogP contribution in [0.4, 0.5) is 0 Å². The molecule has 1 aromatic heterocycles. The van der Waals surface area contributed by atoms with Gasteiger partial charge in [0.25, 0.3) is 5.91 Å². The highest BCUT2D eigenvalue weighted by molar-refractivity contribution is 7.11. The van der Waals surface area contributed by atoms with E-state index >= 15 is 0 Å². The highest BCUT2D eigenvalue weighted by Gasteiger charge is 2.16. The van der Waals surface area contributed by atoms with Gasteiger partial charge in [-0.3, -0.25) is 4.79 Å². The molecule has 0 atom stereocenters. The average molecular weight is 214 g/mol. The molecule has 0 spiro atoms. The number of hydrogen-bond acceptors (Lipinski definition) is 4. The van der Waals surface area contributed by atoms with Gasteiger partial charge in [0.1, 0.15) is 4.88 Å². The van der Waals surface area contributed by atoms with Gasteiger partial charge in [-0.2, -0.15) is 0 Å². The number of aliphatic hydroxyl groups is 1. The van der Waals surface area contributed by atoms with Gasteiger partial charge >= 0.3 is 0 Å². The fraction of sp³-hybridized carbons (Fsp3) is 0.556. The van der Waals surface area contributed by atoms with Crippen LogP contribution in [0.1, 0.15) is 22.3 Å². The van der Waals surface area contributed by atoms with Crippen molar-refractivity contribution >= 4 is 17.2 Å². The Hall–Kier alpha value is -0.940. The Kier molecular flexibility index (Phi) is 4.03. The third-order valence-electron chi connectivity index (χ3n) is 1.95. The molecule has 78 valence electrons. The molecule has 0 unspecified atom stereocenters. The minimum Gasteiger partial charge on any atom is -0.395 e. The number of rotatable bonds is 4. The summed E-state index contributed by atoms with van der Waals surface area (Å²) in [5, 5.41) is 8.70. The Labute approximate surface area is 87.2 Å². The number of hydrogen-bond donors (Lipinski definition) is 1. The number of likely N-dealkylation sites (N-methyl/N-ethyl adjacent to an activating group) is 1. The zero-order valence-electron chi connectivity index (χ0n) is 8.36. The minimum atomic E-state index is -0.0570. The number of carbonyl (C=O) groups is 1. The van der Waals surface area contributed by atoms with E-state index in [0.717, 1.165) is 12.1 Å². The summed E-state index contributed by atoms with van der Waals surface area (Å²) in [6.07, 6.45) is 0.761. The van der Waals surface area contributed by atoms with E-state index in [2.05, 4.69) is 4.98 Å². The first-order valence-electron chi connectivity index (χ1n) is 4.49. The summed E-state index contributed by atoms with van der Waals surface area (Å²) in [7, 11) is 1.68. The molecule has 0 aliphatic carbocycles. The van der Waals surface area contributed by atoms with Crippen molar-refractivity contribution in [1.29, 1.82) is 0 Å². The van der Waals surface area contributed by atoms with Crippen LogP contribution >= 0.6 is 11.3 Å². The molecule has 4 nitrogen and oxygen atoms in total. The van der Waals surface area contributed by atoms with Gasteiger partial charge in [0.15, 0.2) is 0 Å². The number of aryl methyl sites for hydroxylation is 1. The van der Waals surface area contributed by atoms with Gasteiger partial charge in [0, 0.05) is 13.6 Å². The molecule has 0 saturated carbocycles.